The van der Waals surface area contributed by atoms with Gasteiger partial charge in [0, 0.05) is 32.0 Å². The number of benzene rings is 1. The van der Waals surface area contributed by atoms with Gasteiger partial charge >= 0.3 is 6.03 Å². The number of amides is 2. The molecule has 4 rings (SSSR count). The molecule has 0 radical (unpaired) electrons. The summed E-state index contributed by atoms with van der Waals surface area (Å²) in [5, 5.41) is 9.86. The van der Waals surface area contributed by atoms with Crippen LogP contribution in [0.15, 0.2) is 53.1 Å². The van der Waals surface area contributed by atoms with E-state index in [1.807, 2.05) is 16.8 Å². The number of rotatable bonds is 7. The number of hydrogen-bond donors (Lipinski definition) is 2. The molecule has 0 spiro atoms. The van der Waals surface area contributed by atoms with Crippen molar-refractivity contribution in [3.05, 3.63) is 66.0 Å². The summed E-state index contributed by atoms with van der Waals surface area (Å²) in [6.07, 6.45) is 3.49. The van der Waals surface area contributed by atoms with Gasteiger partial charge in [-0.25, -0.2) is 13.9 Å². The fourth-order valence-corrected chi connectivity index (χ4v) is 3.82. The molecule has 1 fully saturated rings. The highest BCUT2D eigenvalue weighted by Gasteiger charge is 2.24. The van der Waals surface area contributed by atoms with Gasteiger partial charge in [-0.3, -0.25) is 10.2 Å². The second-order valence-electron chi connectivity index (χ2n) is 7.56. The maximum absolute atomic E-state index is 13.3. The van der Waals surface area contributed by atoms with Crippen LogP contribution < -0.4 is 10.6 Å². The summed E-state index contributed by atoms with van der Waals surface area (Å²) in [7, 11) is 1.65. The molecule has 0 aliphatic carbocycles. The predicted octanol–water partition coefficient (Wildman–Crippen LogP) is 4.24. The van der Waals surface area contributed by atoms with Crippen LogP contribution in [0.1, 0.15) is 30.4 Å². The highest BCUT2D eigenvalue weighted by Crippen LogP contribution is 2.26. The lowest BCUT2D eigenvalue weighted by Crippen LogP contribution is -2.35. The Hall–Kier alpha value is -3.17. The van der Waals surface area contributed by atoms with E-state index in [0.29, 0.717) is 18.1 Å². The Labute approximate surface area is 180 Å². The minimum Gasteiger partial charge on any atom is -0.462 e. The minimum atomic E-state index is -0.436. The fraction of sp³-hybridized carbons (Fsp3) is 0.364. The molecule has 2 N–H and O–H groups in total. The number of carbonyl (C=O) groups excluding carboxylic acids is 1. The Bertz CT molecular complexity index is 1010. The zero-order chi connectivity index (χ0) is 21.6. The molecule has 0 bridgehead atoms. The summed E-state index contributed by atoms with van der Waals surface area (Å²) >= 11 is 0. The maximum atomic E-state index is 13.3. The number of halogens is 1. The molecule has 1 aliphatic rings. The zero-order valence-electron chi connectivity index (χ0n) is 17.4. The Morgan fingerprint density at radius 2 is 2.00 bits per heavy atom. The number of piperidine rings is 1. The molecule has 0 unspecified atom stereocenters. The van der Waals surface area contributed by atoms with Gasteiger partial charge in [-0.1, -0.05) is 6.07 Å². The van der Waals surface area contributed by atoms with E-state index in [4.69, 9.17) is 9.15 Å². The van der Waals surface area contributed by atoms with Crippen LogP contribution in [-0.2, 0) is 17.9 Å². The van der Waals surface area contributed by atoms with Crippen molar-refractivity contribution in [2.45, 2.75) is 32.0 Å². The summed E-state index contributed by atoms with van der Waals surface area (Å²) in [6, 6.07) is 11.2. The van der Waals surface area contributed by atoms with Gasteiger partial charge in [0.1, 0.15) is 29.8 Å². The van der Waals surface area contributed by atoms with Crippen LogP contribution in [0.2, 0.25) is 0 Å². The molecule has 164 valence electrons. The maximum Gasteiger partial charge on any atom is 0.324 e. The van der Waals surface area contributed by atoms with Crippen molar-refractivity contribution in [1.82, 2.24) is 14.7 Å². The Kier molecular flexibility index (Phi) is 6.63. The van der Waals surface area contributed by atoms with E-state index in [9.17, 15) is 9.18 Å². The van der Waals surface area contributed by atoms with Crippen LogP contribution in [0.3, 0.4) is 0 Å². The van der Waals surface area contributed by atoms with Crippen LogP contribution in [0.4, 0.5) is 20.7 Å². The molecule has 1 aliphatic heterocycles. The molecule has 1 aromatic carbocycles. The summed E-state index contributed by atoms with van der Waals surface area (Å²) in [5.74, 6) is 1.97. The van der Waals surface area contributed by atoms with E-state index in [2.05, 4.69) is 20.6 Å². The monoisotopic (exact) mass is 427 g/mol. The van der Waals surface area contributed by atoms with E-state index in [-0.39, 0.29) is 6.04 Å². The van der Waals surface area contributed by atoms with Crippen molar-refractivity contribution in [3.8, 4) is 0 Å². The van der Waals surface area contributed by atoms with Crippen LogP contribution in [0, 0.1) is 5.82 Å². The minimum absolute atomic E-state index is 0.191. The number of nitrogens with one attached hydrogen (secondary N) is 2. The first-order valence-corrected chi connectivity index (χ1v) is 10.3. The zero-order valence-corrected chi connectivity index (χ0v) is 17.4. The smallest absolute Gasteiger partial charge is 0.324 e. The van der Waals surface area contributed by atoms with Gasteiger partial charge in [0.2, 0.25) is 0 Å². The first kappa shape index (κ1) is 21.1. The highest BCUT2D eigenvalue weighted by molar-refractivity contribution is 5.99. The average molecular weight is 427 g/mol. The van der Waals surface area contributed by atoms with Crippen molar-refractivity contribution in [3.63, 3.8) is 0 Å². The number of urea groups is 1. The molecule has 3 heterocycles. The lowest BCUT2D eigenvalue weighted by Gasteiger charge is -2.32. The standard InChI is InChI=1S/C22H26FN5O3/c1-30-15-20-6-5-19(31-20)14-27-11-8-18(9-12-27)28-21(7-10-24-28)26-22(29)25-17-4-2-3-16(23)13-17/h2-7,10,13,18H,8-9,11-12,14-15H2,1H3,(H2,25,26,29). The van der Waals surface area contributed by atoms with Crippen LogP contribution in [-0.4, -0.2) is 40.9 Å². The summed E-state index contributed by atoms with van der Waals surface area (Å²) in [4.78, 5) is 14.7. The molecule has 0 atom stereocenters. The van der Waals surface area contributed by atoms with Gasteiger partial charge in [-0.15, -0.1) is 0 Å². The molecule has 2 amide bonds. The molecular weight excluding hydrogens is 401 g/mol. The van der Waals surface area contributed by atoms with Gasteiger partial charge in [-0.2, -0.15) is 5.10 Å². The van der Waals surface area contributed by atoms with E-state index in [1.165, 1.54) is 12.1 Å². The third-order valence-electron chi connectivity index (χ3n) is 5.28. The van der Waals surface area contributed by atoms with E-state index >= 15 is 0 Å². The molecule has 31 heavy (non-hydrogen) atoms. The average Bonchev–Trinajstić information content (AvgIpc) is 3.38. The molecule has 0 saturated carbocycles. The van der Waals surface area contributed by atoms with Gasteiger partial charge in [-0.05, 0) is 43.2 Å². The normalized spacial score (nSPS) is 15.2. The fourth-order valence-electron chi connectivity index (χ4n) is 3.82. The molecule has 2 aromatic heterocycles. The summed E-state index contributed by atoms with van der Waals surface area (Å²) < 4.78 is 26.0. The van der Waals surface area contributed by atoms with Crippen LogP contribution in [0.25, 0.3) is 0 Å². The number of anilines is 2. The third-order valence-corrected chi connectivity index (χ3v) is 5.28. The number of aromatic nitrogens is 2. The number of likely N-dealkylation sites (tertiary alicyclic amines) is 1. The van der Waals surface area contributed by atoms with Gasteiger partial charge in [0.05, 0.1) is 18.8 Å². The van der Waals surface area contributed by atoms with Crippen molar-refractivity contribution in [1.29, 1.82) is 0 Å². The third kappa shape index (κ3) is 5.50. The number of methoxy groups -OCH3 is 1. The highest BCUT2D eigenvalue weighted by atomic mass is 19.1. The van der Waals surface area contributed by atoms with Gasteiger partial charge in [0.25, 0.3) is 0 Å². The molecule has 8 nitrogen and oxygen atoms in total. The van der Waals surface area contributed by atoms with Crippen molar-refractivity contribution in [2.24, 2.45) is 0 Å². The summed E-state index contributed by atoms with van der Waals surface area (Å²) in [6.45, 7) is 3.04. The number of furan rings is 1. The SMILES string of the molecule is COCc1ccc(CN2CCC(n3nccc3NC(=O)Nc3cccc(F)c3)CC2)o1. The number of carbonyl (C=O) groups is 1. The molecule has 9 heteroatoms. The Morgan fingerprint density at radius 3 is 2.77 bits per heavy atom. The van der Waals surface area contributed by atoms with Gasteiger partial charge < -0.3 is 14.5 Å². The number of hydrogen-bond acceptors (Lipinski definition) is 5. The number of ether oxygens (including phenoxy) is 1. The lowest BCUT2D eigenvalue weighted by atomic mass is 10.1. The van der Waals surface area contributed by atoms with E-state index < -0.39 is 11.8 Å². The van der Waals surface area contributed by atoms with E-state index in [0.717, 1.165) is 44.0 Å². The largest absolute Gasteiger partial charge is 0.462 e. The predicted molar refractivity (Wildman–Crippen MR) is 114 cm³/mol. The quantitative estimate of drug-likeness (QED) is 0.589. The number of nitrogens with zero attached hydrogens (tertiary/aromatic N) is 3. The van der Waals surface area contributed by atoms with Crippen molar-refractivity contribution < 1.29 is 18.3 Å². The topological polar surface area (TPSA) is 84.6 Å². The molecular formula is C22H26FN5O3. The van der Waals surface area contributed by atoms with Crippen LogP contribution in [0.5, 0.6) is 0 Å². The second kappa shape index (κ2) is 9.76. The first-order valence-electron chi connectivity index (χ1n) is 10.3. The van der Waals surface area contributed by atoms with Crippen molar-refractivity contribution >= 4 is 17.5 Å². The Balaban J connectivity index is 1.30. The van der Waals surface area contributed by atoms with E-state index in [1.54, 1.807) is 31.5 Å². The van der Waals surface area contributed by atoms with Gasteiger partial charge in [0.15, 0.2) is 0 Å². The van der Waals surface area contributed by atoms with Crippen LogP contribution >= 0.6 is 0 Å². The lowest BCUT2D eigenvalue weighted by molar-refractivity contribution is 0.148. The molecule has 3 aromatic rings. The second-order valence-corrected chi connectivity index (χ2v) is 7.56. The summed E-state index contributed by atoms with van der Waals surface area (Å²) in [5.41, 5.74) is 0.392. The first-order chi connectivity index (χ1) is 15.1. The molecule has 1 saturated heterocycles. The van der Waals surface area contributed by atoms with Crippen molar-refractivity contribution in [2.75, 3.05) is 30.8 Å². The Morgan fingerprint density at radius 1 is 1.19 bits per heavy atom.